The summed E-state index contributed by atoms with van der Waals surface area (Å²) in [4.78, 5) is 45.2. The van der Waals surface area contributed by atoms with Crippen LogP contribution in [0.15, 0.2) is 0 Å². The Morgan fingerprint density at radius 3 is 1.88 bits per heavy atom. The molecule has 0 spiro atoms. The second-order valence-electron chi connectivity index (χ2n) is 16.9. The van der Waals surface area contributed by atoms with Gasteiger partial charge in [0.1, 0.15) is 12.1 Å². The molecule has 0 aromatic heterocycles. The van der Waals surface area contributed by atoms with Crippen LogP contribution < -0.4 is 16.0 Å². The molecule has 280 valence electrons. The van der Waals surface area contributed by atoms with Crippen LogP contribution in [0.5, 0.6) is 0 Å². The Bertz CT molecular complexity index is 1010. The van der Waals surface area contributed by atoms with E-state index in [4.69, 9.17) is 4.74 Å². The predicted molar refractivity (Wildman–Crippen MR) is 197 cm³/mol. The van der Waals surface area contributed by atoms with E-state index in [9.17, 15) is 14.4 Å². The van der Waals surface area contributed by atoms with Gasteiger partial charge < -0.3 is 20.7 Å². The first-order chi connectivity index (χ1) is 23.9. The van der Waals surface area contributed by atoms with Gasteiger partial charge in [0.25, 0.3) is 0 Å². The number of hydrogen-bond donors (Lipinski definition) is 3. The van der Waals surface area contributed by atoms with Crippen LogP contribution in [-0.2, 0) is 19.1 Å². The average Bonchev–Trinajstić information content (AvgIpc) is 3.11. The SMILES string of the molecule is CCCN(CCC)[C@H]1CC2CCCC(C2)OC2CCCC(C2)C[C@@H](C(=O)NCC2CCCCC2)NC(=O)[C@H](CCC2CCCCC2)NC1=O. The number of rotatable bonds is 11. The third kappa shape index (κ3) is 12.2. The van der Waals surface area contributed by atoms with Crippen LogP contribution in [0.2, 0.25) is 0 Å². The molecule has 49 heavy (non-hydrogen) atoms. The van der Waals surface area contributed by atoms with Crippen LogP contribution >= 0.6 is 0 Å². The highest BCUT2D eigenvalue weighted by molar-refractivity contribution is 5.93. The molecule has 3 amide bonds. The first kappa shape index (κ1) is 38.6. The lowest BCUT2D eigenvalue weighted by molar-refractivity contribution is -0.135. The molecule has 0 radical (unpaired) electrons. The summed E-state index contributed by atoms with van der Waals surface area (Å²) in [5.41, 5.74) is 0. The molecule has 8 nitrogen and oxygen atoms in total. The lowest BCUT2D eigenvalue weighted by atomic mass is 9.80. The van der Waals surface area contributed by atoms with Crippen LogP contribution in [-0.4, -0.2) is 72.6 Å². The zero-order valence-corrected chi connectivity index (χ0v) is 31.4. The van der Waals surface area contributed by atoms with Gasteiger partial charge in [-0.05, 0) is 114 Å². The Kier molecular flexibility index (Phi) is 16.0. The van der Waals surface area contributed by atoms with Gasteiger partial charge in [-0.1, -0.05) is 90.9 Å². The third-order valence-electron chi connectivity index (χ3n) is 12.9. The van der Waals surface area contributed by atoms with Crippen LogP contribution in [0, 0.1) is 23.7 Å². The number of hydrogen-bond acceptors (Lipinski definition) is 5. The molecule has 4 aliphatic carbocycles. The number of nitrogens with zero attached hydrogens (tertiary/aromatic N) is 1. The highest BCUT2D eigenvalue weighted by Crippen LogP contribution is 2.36. The molecule has 5 rings (SSSR count). The van der Waals surface area contributed by atoms with Crippen molar-refractivity contribution in [1.82, 2.24) is 20.9 Å². The Hall–Kier alpha value is -1.67. The highest BCUT2D eigenvalue weighted by Gasteiger charge is 2.37. The van der Waals surface area contributed by atoms with Gasteiger partial charge in [-0.15, -0.1) is 0 Å². The molecule has 4 saturated carbocycles. The zero-order chi connectivity index (χ0) is 34.4. The summed E-state index contributed by atoms with van der Waals surface area (Å²) in [6.07, 6.45) is 26.5. The van der Waals surface area contributed by atoms with Gasteiger partial charge in [-0.3, -0.25) is 19.3 Å². The maximum absolute atomic E-state index is 14.5. The molecule has 3 N–H and O–H groups in total. The van der Waals surface area contributed by atoms with Crippen LogP contribution in [0.25, 0.3) is 0 Å². The molecule has 0 aromatic carbocycles. The van der Waals surface area contributed by atoms with E-state index in [1.54, 1.807) is 0 Å². The fraction of sp³-hybridized carbons (Fsp3) is 0.927. The van der Waals surface area contributed by atoms with Crippen LogP contribution in [0.4, 0.5) is 0 Å². The van der Waals surface area contributed by atoms with Gasteiger partial charge in [0, 0.05) is 6.54 Å². The summed E-state index contributed by atoms with van der Waals surface area (Å²) in [5.74, 6) is 1.70. The number of fused-ring (bicyclic) bond motifs is 4. The third-order valence-corrected chi connectivity index (χ3v) is 12.9. The molecular formula is C41H72N4O4. The second-order valence-corrected chi connectivity index (χ2v) is 16.9. The summed E-state index contributed by atoms with van der Waals surface area (Å²) >= 11 is 0. The molecule has 4 bridgehead atoms. The number of amides is 3. The topological polar surface area (TPSA) is 99.8 Å². The van der Waals surface area contributed by atoms with Crippen molar-refractivity contribution < 1.29 is 19.1 Å². The molecule has 5 aliphatic rings. The fourth-order valence-electron chi connectivity index (χ4n) is 10.2. The summed E-state index contributed by atoms with van der Waals surface area (Å²) in [6.45, 7) is 6.84. The number of ether oxygens (including phenoxy) is 1. The van der Waals surface area contributed by atoms with Gasteiger partial charge in [0.2, 0.25) is 17.7 Å². The smallest absolute Gasteiger partial charge is 0.243 e. The van der Waals surface area contributed by atoms with Crippen LogP contribution in [0.1, 0.15) is 168 Å². The lowest BCUT2D eigenvalue weighted by Gasteiger charge is -2.39. The molecule has 5 fully saturated rings. The van der Waals surface area contributed by atoms with Crippen LogP contribution in [0.3, 0.4) is 0 Å². The minimum atomic E-state index is -0.620. The Morgan fingerprint density at radius 1 is 0.673 bits per heavy atom. The van der Waals surface area contributed by atoms with Crippen molar-refractivity contribution in [2.24, 2.45) is 23.7 Å². The molecular weight excluding hydrogens is 612 g/mol. The van der Waals surface area contributed by atoms with Crippen molar-refractivity contribution >= 4 is 17.7 Å². The van der Waals surface area contributed by atoms with E-state index in [1.165, 1.54) is 64.2 Å². The van der Waals surface area contributed by atoms with Crippen molar-refractivity contribution in [3.8, 4) is 0 Å². The zero-order valence-electron chi connectivity index (χ0n) is 31.4. The van der Waals surface area contributed by atoms with Gasteiger partial charge >= 0.3 is 0 Å². The summed E-state index contributed by atoms with van der Waals surface area (Å²) in [5, 5.41) is 9.88. The van der Waals surface area contributed by atoms with E-state index in [0.29, 0.717) is 43.1 Å². The fourth-order valence-corrected chi connectivity index (χ4v) is 10.2. The molecule has 4 unspecified atom stereocenters. The van der Waals surface area contributed by atoms with Gasteiger partial charge in [0.05, 0.1) is 18.2 Å². The largest absolute Gasteiger partial charge is 0.375 e. The van der Waals surface area contributed by atoms with E-state index < -0.39 is 12.1 Å². The number of nitrogens with one attached hydrogen (secondary N) is 3. The van der Waals surface area contributed by atoms with Gasteiger partial charge in [0.15, 0.2) is 0 Å². The Morgan fingerprint density at radius 2 is 1.27 bits per heavy atom. The Balaban J connectivity index is 1.39. The number of carbonyl (C=O) groups excluding carboxylic acids is 3. The van der Waals surface area contributed by atoms with E-state index in [2.05, 4.69) is 34.7 Å². The van der Waals surface area contributed by atoms with Crippen molar-refractivity contribution in [1.29, 1.82) is 0 Å². The van der Waals surface area contributed by atoms with Gasteiger partial charge in [-0.2, -0.15) is 0 Å². The standard InChI is InChI=1S/C41H72N4O4/c1-3-23-45(24-4-2)38-28-33-18-12-20-35(26-33)49-34-19-11-17-32(25-34)27-37(39(46)42-29-31-15-9-6-10-16-31)44-40(47)36(43-41(38)48)22-21-30-13-7-5-8-14-30/h30-38H,3-29H2,1-2H3,(H,42,46)(H,43,48)(H,44,47)/t32?,33?,34?,35?,36-,37-,38-/m0/s1. The summed E-state index contributed by atoms with van der Waals surface area (Å²) in [6, 6.07) is -1.46. The molecule has 1 saturated heterocycles. The van der Waals surface area contributed by atoms with E-state index in [1.807, 2.05) is 0 Å². The summed E-state index contributed by atoms with van der Waals surface area (Å²) < 4.78 is 6.86. The quantitative estimate of drug-likeness (QED) is 0.210. The minimum absolute atomic E-state index is 0.00370. The van der Waals surface area contributed by atoms with Crippen molar-refractivity contribution in [3.05, 3.63) is 0 Å². The molecule has 8 heteroatoms. The first-order valence-corrected chi connectivity index (χ1v) is 21.2. The van der Waals surface area contributed by atoms with E-state index in [0.717, 1.165) is 90.1 Å². The van der Waals surface area contributed by atoms with Crippen molar-refractivity contribution in [2.45, 2.75) is 198 Å². The predicted octanol–water partition coefficient (Wildman–Crippen LogP) is 7.43. The Labute approximate surface area is 298 Å². The monoisotopic (exact) mass is 685 g/mol. The second kappa shape index (κ2) is 20.4. The molecule has 7 atom stereocenters. The maximum atomic E-state index is 14.5. The first-order valence-electron chi connectivity index (χ1n) is 21.2. The summed E-state index contributed by atoms with van der Waals surface area (Å²) in [7, 11) is 0. The number of carbonyl (C=O) groups is 3. The normalized spacial score (nSPS) is 33.1. The van der Waals surface area contributed by atoms with Crippen molar-refractivity contribution in [2.75, 3.05) is 19.6 Å². The van der Waals surface area contributed by atoms with Gasteiger partial charge in [-0.25, -0.2) is 0 Å². The van der Waals surface area contributed by atoms with Crippen molar-refractivity contribution in [3.63, 3.8) is 0 Å². The highest BCUT2D eigenvalue weighted by atomic mass is 16.5. The minimum Gasteiger partial charge on any atom is -0.375 e. The molecule has 1 heterocycles. The lowest BCUT2D eigenvalue weighted by Crippen LogP contribution is -2.57. The maximum Gasteiger partial charge on any atom is 0.243 e. The van der Waals surface area contributed by atoms with E-state index in [-0.39, 0.29) is 36.0 Å². The average molecular weight is 685 g/mol. The molecule has 1 aliphatic heterocycles. The van der Waals surface area contributed by atoms with E-state index >= 15 is 0 Å². The molecule has 0 aromatic rings.